The van der Waals surface area contributed by atoms with Gasteiger partial charge in [0.15, 0.2) is 0 Å². The topological polar surface area (TPSA) is 52.6 Å². The van der Waals surface area contributed by atoms with Crippen molar-refractivity contribution in [2.24, 2.45) is 5.92 Å². The normalized spacial score (nSPS) is 10.8. The smallest absolute Gasteiger partial charge is 0.338 e. The molecule has 4 rings (SSSR count). The summed E-state index contributed by atoms with van der Waals surface area (Å²) in [5.41, 5.74) is 3.09. The number of benzene rings is 4. The fourth-order valence-electron chi connectivity index (χ4n) is 3.98. The molecule has 0 aliphatic heterocycles. The second-order valence-electron chi connectivity index (χ2n) is 7.99. The predicted octanol–water partition coefficient (Wildman–Crippen LogP) is 6.15. The molecule has 0 saturated heterocycles. The number of ether oxygens (including phenoxy) is 2. The van der Waals surface area contributed by atoms with E-state index in [0.717, 1.165) is 11.1 Å². The molecule has 0 amide bonds. The van der Waals surface area contributed by atoms with Crippen LogP contribution in [-0.4, -0.2) is 25.2 Å². The number of hydrogen-bond acceptors (Lipinski definition) is 4. The monoisotopic (exact) mass is 450 g/mol. The molecule has 4 heteroatoms. The van der Waals surface area contributed by atoms with Crippen LogP contribution < -0.4 is 0 Å². The van der Waals surface area contributed by atoms with Crippen LogP contribution in [0.5, 0.6) is 0 Å². The van der Waals surface area contributed by atoms with E-state index in [4.69, 9.17) is 9.47 Å². The Hall–Kier alpha value is -4.18. The van der Waals surface area contributed by atoms with Crippen molar-refractivity contribution < 1.29 is 19.1 Å². The molecule has 4 nitrogen and oxygen atoms in total. The third-order valence-electron chi connectivity index (χ3n) is 5.66. The summed E-state index contributed by atoms with van der Waals surface area (Å²) >= 11 is 0. The number of carbonyl (C=O) groups excluding carboxylic acids is 2. The van der Waals surface area contributed by atoms with Crippen LogP contribution in [0, 0.1) is 5.92 Å². The van der Waals surface area contributed by atoms with E-state index in [0.29, 0.717) is 11.1 Å². The van der Waals surface area contributed by atoms with Gasteiger partial charge < -0.3 is 9.47 Å². The quantitative estimate of drug-likeness (QED) is 0.287. The molecule has 0 aliphatic carbocycles. The molecule has 0 aliphatic rings. The maximum atomic E-state index is 12.7. The highest BCUT2D eigenvalue weighted by Crippen LogP contribution is 2.33. The summed E-state index contributed by atoms with van der Waals surface area (Å²) in [5, 5.41) is 0. The molecule has 0 unspecified atom stereocenters. The van der Waals surface area contributed by atoms with Crippen LogP contribution in [0.3, 0.4) is 0 Å². The fourth-order valence-corrected chi connectivity index (χ4v) is 3.98. The first-order valence-corrected chi connectivity index (χ1v) is 11.3. The summed E-state index contributed by atoms with van der Waals surface area (Å²) in [5.74, 6) is -1.22. The highest BCUT2D eigenvalue weighted by Gasteiger charge is 2.28. The van der Waals surface area contributed by atoms with Gasteiger partial charge in [-0.25, -0.2) is 9.59 Å². The highest BCUT2D eigenvalue weighted by molar-refractivity contribution is 5.89. The zero-order valence-electron chi connectivity index (χ0n) is 18.7. The van der Waals surface area contributed by atoms with Crippen LogP contribution >= 0.6 is 0 Å². The van der Waals surface area contributed by atoms with Crippen molar-refractivity contribution >= 4 is 11.9 Å². The maximum Gasteiger partial charge on any atom is 0.338 e. The maximum absolute atomic E-state index is 12.7. The van der Waals surface area contributed by atoms with Gasteiger partial charge in [-0.05, 0) is 35.4 Å². The van der Waals surface area contributed by atoms with Crippen LogP contribution in [0.1, 0.15) is 37.8 Å². The SMILES string of the molecule is O=C(OCC(COC(=O)c1ccccc1)C(c1ccccc1)c1ccccc1)c1ccccc1. The lowest BCUT2D eigenvalue weighted by Crippen LogP contribution is -2.27. The number of esters is 2. The summed E-state index contributed by atoms with van der Waals surface area (Å²) < 4.78 is 11.4. The molecule has 0 spiro atoms. The van der Waals surface area contributed by atoms with Crippen LogP contribution in [0.15, 0.2) is 121 Å². The van der Waals surface area contributed by atoms with Crippen molar-refractivity contribution in [1.82, 2.24) is 0 Å². The molecule has 0 fully saturated rings. The average Bonchev–Trinajstić information content (AvgIpc) is 2.92. The first-order valence-electron chi connectivity index (χ1n) is 11.3. The van der Waals surface area contributed by atoms with Crippen molar-refractivity contribution in [3.63, 3.8) is 0 Å². The lowest BCUT2D eigenvalue weighted by molar-refractivity contribution is 0.0235. The lowest BCUT2D eigenvalue weighted by atomic mass is 9.81. The third-order valence-corrected chi connectivity index (χ3v) is 5.66. The molecule has 4 aromatic rings. The van der Waals surface area contributed by atoms with Crippen molar-refractivity contribution in [3.05, 3.63) is 144 Å². The van der Waals surface area contributed by atoms with Crippen molar-refractivity contribution in [2.45, 2.75) is 5.92 Å². The van der Waals surface area contributed by atoms with Crippen LogP contribution in [0.25, 0.3) is 0 Å². The van der Waals surface area contributed by atoms with Crippen LogP contribution in [0.2, 0.25) is 0 Å². The van der Waals surface area contributed by atoms with Crippen LogP contribution in [0.4, 0.5) is 0 Å². The minimum absolute atomic E-state index is 0.101. The molecule has 0 aromatic heterocycles. The first-order chi connectivity index (χ1) is 16.7. The Morgan fingerprint density at radius 1 is 0.500 bits per heavy atom. The fraction of sp³-hybridized carbons (Fsp3) is 0.133. The second kappa shape index (κ2) is 11.6. The number of rotatable bonds is 9. The summed E-state index contributed by atoms with van der Waals surface area (Å²) in [6.45, 7) is 0.203. The lowest BCUT2D eigenvalue weighted by Gasteiger charge is -2.28. The van der Waals surface area contributed by atoms with Gasteiger partial charge in [0, 0.05) is 11.8 Å². The Bertz CT molecular complexity index is 1080. The molecule has 0 heterocycles. The molecular formula is C30H26O4. The molecule has 0 radical (unpaired) electrons. The van der Waals surface area contributed by atoms with Gasteiger partial charge in [-0.1, -0.05) is 97.1 Å². The van der Waals surface area contributed by atoms with E-state index >= 15 is 0 Å². The first kappa shape index (κ1) is 23.0. The second-order valence-corrected chi connectivity index (χ2v) is 7.99. The molecule has 34 heavy (non-hydrogen) atoms. The zero-order valence-corrected chi connectivity index (χ0v) is 18.7. The van der Waals surface area contributed by atoms with E-state index in [-0.39, 0.29) is 25.0 Å². The Kier molecular flexibility index (Phi) is 7.86. The van der Waals surface area contributed by atoms with E-state index in [1.165, 1.54) is 0 Å². The molecule has 0 N–H and O–H groups in total. The number of hydrogen-bond donors (Lipinski definition) is 0. The van der Waals surface area contributed by atoms with Gasteiger partial charge in [0.1, 0.15) is 0 Å². The Morgan fingerprint density at radius 2 is 0.824 bits per heavy atom. The molecule has 0 saturated carbocycles. The zero-order chi connectivity index (χ0) is 23.6. The van der Waals surface area contributed by atoms with Gasteiger partial charge in [-0.15, -0.1) is 0 Å². The van der Waals surface area contributed by atoms with Crippen LogP contribution in [-0.2, 0) is 9.47 Å². The molecule has 0 atom stereocenters. The van der Waals surface area contributed by atoms with E-state index in [2.05, 4.69) is 0 Å². The minimum atomic E-state index is -0.403. The summed E-state index contributed by atoms with van der Waals surface area (Å²) in [4.78, 5) is 25.3. The molecule has 0 bridgehead atoms. The molecular weight excluding hydrogens is 424 g/mol. The third kappa shape index (κ3) is 5.99. The summed E-state index contributed by atoms with van der Waals surface area (Å²) in [6, 6.07) is 37.8. The van der Waals surface area contributed by atoms with Crippen molar-refractivity contribution in [3.8, 4) is 0 Å². The van der Waals surface area contributed by atoms with E-state index < -0.39 is 11.9 Å². The minimum Gasteiger partial charge on any atom is -0.462 e. The van der Waals surface area contributed by atoms with E-state index in [9.17, 15) is 9.59 Å². The van der Waals surface area contributed by atoms with Crippen molar-refractivity contribution in [1.29, 1.82) is 0 Å². The van der Waals surface area contributed by atoms with Gasteiger partial charge in [0.2, 0.25) is 0 Å². The van der Waals surface area contributed by atoms with Gasteiger partial charge >= 0.3 is 11.9 Å². The predicted molar refractivity (Wildman–Crippen MR) is 132 cm³/mol. The largest absolute Gasteiger partial charge is 0.462 e. The summed E-state index contributed by atoms with van der Waals surface area (Å²) in [7, 11) is 0. The Balaban J connectivity index is 1.60. The standard InChI is InChI=1S/C30H26O4/c31-29(25-17-9-3-10-18-25)33-21-27(22-34-30(32)26-19-11-4-12-20-26)28(23-13-5-1-6-14-23)24-15-7-2-8-16-24/h1-20,27-28H,21-22H2. The number of carbonyl (C=O) groups is 2. The Morgan fingerprint density at radius 3 is 1.18 bits per heavy atom. The van der Waals surface area contributed by atoms with Gasteiger partial charge in [-0.2, -0.15) is 0 Å². The molecule has 170 valence electrons. The van der Waals surface area contributed by atoms with Gasteiger partial charge in [-0.3, -0.25) is 0 Å². The van der Waals surface area contributed by atoms with Gasteiger partial charge in [0.25, 0.3) is 0 Å². The van der Waals surface area contributed by atoms with Crippen molar-refractivity contribution in [2.75, 3.05) is 13.2 Å². The highest BCUT2D eigenvalue weighted by atomic mass is 16.5. The van der Waals surface area contributed by atoms with E-state index in [1.54, 1.807) is 48.5 Å². The average molecular weight is 451 g/mol. The molecule has 4 aromatic carbocycles. The van der Waals surface area contributed by atoms with E-state index in [1.807, 2.05) is 72.8 Å². The Labute approximate surface area is 199 Å². The van der Waals surface area contributed by atoms with Gasteiger partial charge in [0.05, 0.1) is 24.3 Å². The summed E-state index contributed by atoms with van der Waals surface area (Å²) in [6.07, 6.45) is 0.